The van der Waals surface area contributed by atoms with Crippen LogP contribution in [0.3, 0.4) is 0 Å². The molecule has 0 aliphatic rings. The maximum absolute atomic E-state index is 13.3. The van der Waals surface area contributed by atoms with Crippen molar-refractivity contribution in [2.24, 2.45) is 0 Å². The van der Waals surface area contributed by atoms with Gasteiger partial charge in [-0.05, 0) is 23.8 Å². The zero-order chi connectivity index (χ0) is 21.1. The van der Waals surface area contributed by atoms with E-state index in [0.29, 0.717) is 22.2 Å². The standard InChI is InChI=1S/C24H20N2O4/c27-14-20(28)16-9-6-10-17(13-16)23(30)21(22(29)15-7-2-1-3-8-15)24-25-18-11-4-5-12-19(18)26-24/h1-13,20,27-28,30H,14H2,(H,25,26)/b23-21-/t20-/m0/s1. The van der Waals surface area contributed by atoms with Gasteiger partial charge in [0.2, 0.25) is 5.78 Å². The van der Waals surface area contributed by atoms with Crippen LogP contribution in [0.4, 0.5) is 0 Å². The van der Waals surface area contributed by atoms with Gasteiger partial charge in [0.1, 0.15) is 23.3 Å². The number of allylic oxidation sites excluding steroid dienone is 1. The van der Waals surface area contributed by atoms with Gasteiger partial charge in [0.15, 0.2) is 0 Å². The summed E-state index contributed by atoms with van der Waals surface area (Å²) in [6.45, 7) is -0.451. The number of para-hydroxylation sites is 2. The van der Waals surface area contributed by atoms with Gasteiger partial charge in [-0.15, -0.1) is 0 Å². The first-order chi connectivity index (χ1) is 14.6. The number of fused-ring (bicyclic) bond motifs is 1. The van der Waals surface area contributed by atoms with Crippen LogP contribution in [-0.2, 0) is 0 Å². The van der Waals surface area contributed by atoms with Gasteiger partial charge in [-0.2, -0.15) is 0 Å². The molecular weight excluding hydrogens is 380 g/mol. The molecule has 4 N–H and O–H groups in total. The molecule has 30 heavy (non-hydrogen) atoms. The lowest BCUT2D eigenvalue weighted by Gasteiger charge is -2.12. The topological polar surface area (TPSA) is 106 Å². The van der Waals surface area contributed by atoms with Crippen LogP contribution in [0, 0.1) is 0 Å². The Morgan fingerprint density at radius 3 is 2.37 bits per heavy atom. The molecule has 6 heteroatoms. The fraction of sp³-hybridized carbons (Fsp3) is 0.0833. The normalized spacial score (nSPS) is 13.1. The number of aliphatic hydroxyl groups excluding tert-OH is 3. The van der Waals surface area contributed by atoms with E-state index in [4.69, 9.17) is 0 Å². The van der Waals surface area contributed by atoms with Crippen LogP contribution in [-0.4, -0.2) is 37.7 Å². The SMILES string of the molecule is O=C(/C(=C(/O)c1cccc([C@@H](O)CO)c1)c1nc2ccccc2[nH]1)c1ccccc1. The molecule has 0 radical (unpaired) electrons. The Morgan fingerprint density at radius 1 is 0.933 bits per heavy atom. The number of benzene rings is 3. The number of carbonyl (C=O) groups is 1. The number of aromatic nitrogens is 2. The quantitative estimate of drug-likeness (QED) is 0.223. The summed E-state index contributed by atoms with van der Waals surface area (Å²) in [5.41, 5.74) is 2.60. The third-order valence-electron chi connectivity index (χ3n) is 4.84. The van der Waals surface area contributed by atoms with Crippen LogP contribution >= 0.6 is 0 Å². The van der Waals surface area contributed by atoms with Crippen molar-refractivity contribution >= 4 is 28.1 Å². The third-order valence-corrected chi connectivity index (χ3v) is 4.84. The molecule has 4 aromatic rings. The summed E-state index contributed by atoms with van der Waals surface area (Å²) in [6.07, 6.45) is -1.09. The highest BCUT2D eigenvalue weighted by Crippen LogP contribution is 2.29. The van der Waals surface area contributed by atoms with Crippen molar-refractivity contribution in [3.8, 4) is 0 Å². The highest BCUT2D eigenvalue weighted by Gasteiger charge is 2.24. The summed E-state index contributed by atoms with van der Waals surface area (Å²) >= 11 is 0. The number of nitrogens with one attached hydrogen (secondary N) is 1. The van der Waals surface area contributed by atoms with Gasteiger partial charge in [-0.1, -0.05) is 60.7 Å². The van der Waals surface area contributed by atoms with Crippen LogP contribution in [0.2, 0.25) is 0 Å². The molecular formula is C24H20N2O4. The van der Waals surface area contributed by atoms with Crippen molar-refractivity contribution < 1.29 is 20.1 Å². The van der Waals surface area contributed by atoms with E-state index in [1.165, 1.54) is 6.07 Å². The first kappa shape index (κ1) is 19.6. The minimum atomic E-state index is -1.09. The number of imidazole rings is 1. The van der Waals surface area contributed by atoms with Crippen molar-refractivity contribution in [1.29, 1.82) is 0 Å². The summed E-state index contributed by atoms with van der Waals surface area (Å²) in [5, 5.41) is 30.3. The van der Waals surface area contributed by atoms with E-state index in [2.05, 4.69) is 9.97 Å². The lowest BCUT2D eigenvalue weighted by Crippen LogP contribution is -2.08. The fourth-order valence-electron chi connectivity index (χ4n) is 3.28. The van der Waals surface area contributed by atoms with E-state index in [1.54, 1.807) is 48.5 Å². The zero-order valence-corrected chi connectivity index (χ0v) is 16.0. The molecule has 0 unspecified atom stereocenters. The maximum Gasteiger partial charge on any atom is 0.200 e. The van der Waals surface area contributed by atoms with Crippen molar-refractivity contribution in [2.45, 2.75) is 6.10 Å². The number of hydrogen-bond acceptors (Lipinski definition) is 5. The van der Waals surface area contributed by atoms with Crippen molar-refractivity contribution in [1.82, 2.24) is 9.97 Å². The Hall–Kier alpha value is -3.74. The number of carbonyl (C=O) groups excluding carboxylic acids is 1. The minimum Gasteiger partial charge on any atom is -0.506 e. The zero-order valence-electron chi connectivity index (χ0n) is 16.0. The summed E-state index contributed by atoms with van der Waals surface area (Å²) in [5.74, 6) is -0.411. The molecule has 0 aliphatic heterocycles. The second kappa shape index (κ2) is 8.32. The molecule has 6 nitrogen and oxygen atoms in total. The van der Waals surface area contributed by atoms with Crippen LogP contribution in [0.15, 0.2) is 78.9 Å². The Kier molecular flexibility index (Phi) is 5.43. The highest BCUT2D eigenvalue weighted by molar-refractivity contribution is 6.33. The average Bonchev–Trinajstić information content (AvgIpc) is 3.22. The Balaban J connectivity index is 1.91. The molecule has 1 aromatic heterocycles. The predicted molar refractivity (Wildman–Crippen MR) is 115 cm³/mol. The van der Waals surface area contributed by atoms with Crippen molar-refractivity contribution in [2.75, 3.05) is 6.61 Å². The maximum atomic E-state index is 13.3. The number of rotatable bonds is 6. The number of ketones is 1. The number of aromatic amines is 1. The summed E-state index contributed by atoms with van der Waals surface area (Å²) in [6, 6.07) is 22.4. The number of hydrogen-bond donors (Lipinski definition) is 4. The smallest absolute Gasteiger partial charge is 0.200 e. The largest absolute Gasteiger partial charge is 0.506 e. The van der Waals surface area contributed by atoms with E-state index in [0.717, 1.165) is 5.52 Å². The first-order valence-electron chi connectivity index (χ1n) is 9.46. The Labute approximate surface area is 172 Å². The number of aliphatic hydroxyl groups is 3. The summed E-state index contributed by atoms with van der Waals surface area (Å²) < 4.78 is 0. The van der Waals surface area contributed by atoms with Crippen molar-refractivity contribution in [3.63, 3.8) is 0 Å². The molecule has 1 heterocycles. The molecule has 1 atom stereocenters. The lowest BCUT2D eigenvalue weighted by molar-refractivity contribution is 0.0956. The van der Waals surface area contributed by atoms with Crippen LogP contribution < -0.4 is 0 Å². The molecule has 0 aliphatic carbocycles. The second-order valence-corrected chi connectivity index (χ2v) is 6.85. The van der Waals surface area contributed by atoms with E-state index < -0.39 is 12.7 Å². The monoisotopic (exact) mass is 400 g/mol. The van der Waals surface area contributed by atoms with Gasteiger partial charge in [-0.3, -0.25) is 4.79 Å². The van der Waals surface area contributed by atoms with Crippen LogP contribution in [0.5, 0.6) is 0 Å². The average molecular weight is 400 g/mol. The number of nitrogens with zero attached hydrogens (tertiary/aromatic N) is 1. The minimum absolute atomic E-state index is 0.0213. The van der Waals surface area contributed by atoms with Gasteiger partial charge < -0.3 is 20.3 Å². The summed E-state index contributed by atoms with van der Waals surface area (Å²) in [7, 11) is 0. The van der Waals surface area contributed by atoms with E-state index in [1.807, 2.05) is 24.3 Å². The molecule has 0 bridgehead atoms. The molecule has 3 aromatic carbocycles. The van der Waals surface area contributed by atoms with Gasteiger partial charge in [0, 0.05) is 11.1 Å². The molecule has 150 valence electrons. The first-order valence-corrected chi connectivity index (χ1v) is 9.46. The Morgan fingerprint density at radius 2 is 1.63 bits per heavy atom. The second-order valence-electron chi connectivity index (χ2n) is 6.85. The highest BCUT2D eigenvalue weighted by atomic mass is 16.3. The van der Waals surface area contributed by atoms with Crippen LogP contribution in [0.1, 0.15) is 33.4 Å². The molecule has 0 saturated carbocycles. The molecule has 0 saturated heterocycles. The van der Waals surface area contributed by atoms with Gasteiger partial charge in [0.05, 0.1) is 17.6 Å². The predicted octanol–water partition coefficient (Wildman–Crippen LogP) is 3.90. The van der Waals surface area contributed by atoms with E-state index >= 15 is 0 Å². The molecule has 0 spiro atoms. The van der Waals surface area contributed by atoms with Gasteiger partial charge in [0.25, 0.3) is 0 Å². The summed E-state index contributed by atoms with van der Waals surface area (Å²) in [4.78, 5) is 20.9. The third kappa shape index (κ3) is 3.74. The molecule has 0 amide bonds. The number of Topliss-reactive ketones (excluding diaryl/α,β-unsaturated/α-hetero) is 1. The van der Waals surface area contributed by atoms with Crippen LogP contribution in [0.25, 0.3) is 22.4 Å². The lowest BCUT2D eigenvalue weighted by atomic mass is 9.97. The van der Waals surface area contributed by atoms with Crippen molar-refractivity contribution in [3.05, 3.63) is 101 Å². The fourth-order valence-corrected chi connectivity index (χ4v) is 3.28. The number of H-pyrrole nitrogens is 1. The molecule has 4 rings (SSSR count). The van der Waals surface area contributed by atoms with E-state index in [-0.39, 0.29) is 22.9 Å². The van der Waals surface area contributed by atoms with E-state index in [9.17, 15) is 20.1 Å². The molecule has 0 fully saturated rings. The van der Waals surface area contributed by atoms with Gasteiger partial charge in [-0.25, -0.2) is 4.98 Å². The van der Waals surface area contributed by atoms with Gasteiger partial charge >= 0.3 is 0 Å². The Bertz CT molecular complexity index is 1200.